The molecule has 3 heterocycles. The molecule has 3 saturated heterocycles. The van der Waals surface area contributed by atoms with Crippen molar-refractivity contribution in [1.82, 2.24) is 0 Å². The Morgan fingerprint density at radius 2 is 2.11 bits per heavy atom. The first-order valence-electron chi connectivity index (χ1n) is 6.07. The number of ether oxygens (including phenoxy) is 1. The van der Waals surface area contributed by atoms with Crippen molar-refractivity contribution in [3.8, 4) is 0 Å². The van der Waals surface area contributed by atoms with E-state index in [1.165, 1.54) is 0 Å². The first-order chi connectivity index (χ1) is 8.20. The van der Waals surface area contributed by atoms with E-state index in [2.05, 4.69) is 0 Å². The topological polar surface area (TPSA) is 52.6 Å². The lowest BCUT2D eigenvalue weighted by Gasteiger charge is -2.32. The monoisotopic (exact) mass is 312 g/mol. The second-order valence-corrected chi connectivity index (χ2v) is 9.85. The average molecular weight is 313 g/mol. The lowest BCUT2D eigenvalue weighted by Crippen LogP contribution is -2.43. The van der Waals surface area contributed by atoms with Gasteiger partial charge in [0.15, 0.2) is 0 Å². The summed E-state index contributed by atoms with van der Waals surface area (Å²) in [5, 5.41) is -0.0968. The van der Waals surface area contributed by atoms with Gasteiger partial charge >= 0.3 is 0 Å². The molecule has 6 atom stereocenters. The zero-order valence-electron chi connectivity index (χ0n) is 10.5. The molecular weight excluding hydrogens is 296 g/mol. The molecule has 3 aliphatic rings. The van der Waals surface area contributed by atoms with Gasteiger partial charge in [0.1, 0.15) is 23.0 Å². The predicted molar refractivity (Wildman–Crippen MR) is 71.3 cm³/mol. The van der Waals surface area contributed by atoms with E-state index in [1.807, 2.05) is 20.8 Å². The van der Waals surface area contributed by atoms with Crippen LogP contribution in [0.15, 0.2) is 0 Å². The van der Waals surface area contributed by atoms with Crippen LogP contribution in [0.2, 0.25) is 0 Å². The Balaban J connectivity index is 1.78. The first kappa shape index (κ1) is 13.5. The Labute approximate surface area is 117 Å². The highest BCUT2D eigenvalue weighted by atomic mass is 35.5. The van der Waals surface area contributed by atoms with Crippen LogP contribution < -0.4 is 0 Å². The highest BCUT2D eigenvalue weighted by Crippen LogP contribution is 2.56. The van der Waals surface area contributed by atoms with Crippen molar-refractivity contribution >= 4 is 33.5 Å². The second kappa shape index (κ2) is 4.01. The van der Waals surface area contributed by atoms with Crippen molar-refractivity contribution in [2.45, 2.75) is 60.7 Å². The van der Waals surface area contributed by atoms with Gasteiger partial charge in [0, 0.05) is 10.7 Å². The van der Waals surface area contributed by atoms with Gasteiger partial charge in [-0.3, -0.25) is 4.18 Å². The number of hydrogen-bond acceptors (Lipinski definition) is 5. The van der Waals surface area contributed by atoms with Crippen LogP contribution in [-0.2, 0) is 19.0 Å². The lowest BCUT2D eigenvalue weighted by atomic mass is 9.93. The summed E-state index contributed by atoms with van der Waals surface area (Å²) >= 11 is 7.93. The minimum Gasteiger partial charge on any atom is -0.355 e. The molecule has 0 radical (unpaired) electrons. The molecular formula is C11H17ClO4S2. The number of fused-ring (bicyclic) bond motifs is 1. The number of thioether (sulfide) groups is 1. The van der Waals surface area contributed by atoms with Crippen molar-refractivity contribution in [3.05, 3.63) is 0 Å². The second-order valence-electron chi connectivity index (χ2n) is 6.25. The summed E-state index contributed by atoms with van der Waals surface area (Å²) < 4.78 is 34.7. The predicted octanol–water partition coefficient (Wildman–Crippen LogP) is 1.97. The summed E-state index contributed by atoms with van der Waals surface area (Å²) in [4.78, 5) is 0. The normalized spacial score (nSPS) is 46.6. The van der Waals surface area contributed by atoms with Gasteiger partial charge in [-0.25, -0.2) is 0 Å². The zero-order valence-corrected chi connectivity index (χ0v) is 12.9. The molecule has 104 valence electrons. The molecule has 0 saturated carbocycles. The molecule has 0 N–H and O–H groups in total. The van der Waals surface area contributed by atoms with Crippen LogP contribution in [0.3, 0.4) is 0 Å². The largest absolute Gasteiger partial charge is 0.355 e. The van der Waals surface area contributed by atoms with Crippen molar-refractivity contribution in [1.29, 1.82) is 0 Å². The highest BCUT2D eigenvalue weighted by molar-refractivity contribution is 8.03. The molecule has 0 aromatic carbocycles. The van der Waals surface area contributed by atoms with E-state index >= 15 is 0 Å². The van der Waals surface area contributed by atoms with E-state index in [1.54, 1.807) is 11.8 Å². The fraction of sp³-hybridized carbons (Fsp3) is 1.00. The molecule has 0 amide bonds. The third-order valence-electron chi connectivity index (χ3n) is 3.75. The van der Waals surface area contributed by atoms with Gasteiger partial charge in [0.05, 0.1) is 5.25 Å². The SMILES string of the molecule is CC(C)(C)C(Cl)OC1C2CC3C(S2)C1OS3(=O)=O. The van der Waals surface area contributed by atoms with Gasteiger partial charge < -0.3 is 4.74 Å². The standard InChI is InChI=1S/C11H17ClO4S2/c1-11(2,3)10(12)15-7-5-4-6-9(17-5)8(7)16-18(6,13)14/h5-10H,4H2,1-3H3. The molecule has 0 aliphatic carbocycles. The van der Waals surface area contributed by atoms with Gasteiger partial charge in [-0.1, -0.05) is 32.4 Å². The van der Waals surface area contributed by atoms with Crippen molar-refractivity contribution in [2.75, 3.05) is 0 Å². The molecule has 3 aliphatic heterocycles. The van der Waals surface area contributed by atoms with E-state index < -0.39 is 15.7 Å². The highest BCUT2D eigenvalue weighted by Gasteiger charge is 2.65. The van der Waals surface area contributed by atoms with E-state index in [-0.39, 0.29) is 33.4 Å². The molecule has 7 heteroatoms. The van der Waals surface area contributed by atoms with Gasteiger partial charge in [-0.2, -0.15) is 8.42 Å². The average Bonchev–Trinajstić information content (AvgIpc) is 2.80. The van der Waals surface area contributed by atoms with Gasteiger partial charge in [-0.15, -0.1) is 11.8 Å². The van der Waals surface area contributed by atoms with Crippen LogP contribution in [0.25, 0.3) is 0 Å². The fourth-order valence-electron chi connectivity index (χ4n) is 2.73. The lowest BCUT2D eigenvalue weighted by molar-refractivity contribution is -0.0631. The Kier molecular flexibility index (Phi) is 3.00. The summed E-state index contributed by atoms with van der Waals surface area (Å²) in [5.41, 5.74) is -0.613. The number of rotatable bonds is 2. The summed E-state index contributed by atoms with van der Waals surface area (Å²) in [6, 6.07) is 0. The van der Waals surface area contributed by atoms with Gasteiger partial charge in [-0.05, 0) is 6.42 Å². The van der Waals surface area contributed by atoms with Crippen LogP contribution in [0, 0.1) is 5.41 Å². The molecule has 0 aromatic heterocycles. The summed E-state index contributed by atoms with van der Waals surface area (Å²) in [6.07, 6.45) is 0.0923. The van der Waals surface area contributed by atoms with Crippen LogP contribution in [0.5, 0.6) is 0 Å². The smallest absolute Gasteiger partial charge is 0.271 e. The number of halogens is 1. The Morgan fingerprint density at radius 3 is 2.72 bits per heavy atom. The molecule has 18 heavy (non-hydrogen) atoms. The van der Waals surface area contributed by atoms with Gasteiger partial charge in [0.25, 0.3) is 10.1 Å². The minimum atomic E-state index is -3.38. The maximum atomic E-state index is 11.8. The van der Waals surface area contributed by atoms with Crippen LogP contribution >= 0.6 is 23.4 Å². The van der Waals surface area contributed by atoms with Crippen molar-refractivity contribution in [2.24, 2.45) is 5.41 Å². The maximum Gasteiger partial charge on any atom is 0.271 e. The quantitative estimate of drug-likeness (QED) is 0.576. The molecule has 0 spiro atoms. The summed E-state index contributed by atoms with van der Waals surface area (Å²) in [5.74, 6) is 0. The van der Waals surface area contributed by atoms with E-state index in [4.69, 9.17) is 20.5 Å². The molecule has 2 bridgehead atoms. The Hall–Kier alpha value is 0.510. The van der Waals surface area contributed by atoms with Crippen molar-refractivity contribution < 1.29 is 17.3 Å². The number of alkyl halides is 1. The van der Waals surface area contributed by atoms with E-state index in [0.717, 1.165) is 0 Å². The van der Waals surface area contributed by atoms with E-state index in [9.17, 15) is 8.42 Å². The van der Waals surface area contributed by atoms with Crippen LogP contribution in [0.1, 0.15) is 27.2 Å². The molecule has 6 unspecified atom stereocenters. The number of hydrogen-bond donors (Lipinski definition) is 0. The molecule has 3 rings (SSSR count). The fourth-order valence-corrected chi connectivity index (χ4v) is 7.00. The summed E-state index contributed by atoms with van der Waals surface area (Å²) in [7, 11) is -3.38. The molecule has 0 aromatic rings. The molecule has 3 fully saturated rings. The summed E-state index contributed by atoms with van der Waals surface area (Å²) in [6.45, 7) is 6.00. The van der Waals surface area contributed by atoms with Crippen LogP contribution in [-0.4, -0.2) is 41.9 Å². The first-order valence-corrected chi connectivity index (χ1v) is 8.92. The Bertz CT molecular complexity index is 458. The molecule has 4 nitrogen and oxygen atoms in total. The zero-order chi connectivity index (χ0) is 13.3. The van der Waals surface area contributed by atoms with Crippen molar-refractivity contribution in [3.63, 3.8) is 0 Å². The maximum absolute atomic E-state index is 11.8. The third kappa shape index (κ3) is 1.92. The van der Waals surface area contributed by atoms with Crippen LogP contribution in [0.4, 0.5) is 0 Å². The van der Waals surface area contributed by atoms with E-state index in [0.29, 0.717) is 6.42 Å². The minimum absolute atomic E-state index is 0.0360. The van der Waals surface area contributed by atoms with Gasteiger partial charge in [0.2, 0.25) is 0 Å². The Morgan fingerprint density at radius 1 is 1.44 bits per heavy atom. The third-order valence-corrected chi connectivity index (χ3v) is 8.12.